The lowest BCUT2D eigenvalue weighted by molar-refractivity contribution is -0.137. The summed E-state index contributed by atoms with van der Waals surface area (Å²) in [5.41, 5.74) is 4.50. The van der Waals surface area contributed by atoms with E-state index in [1.54, 1.807) is 10.9 Å². The summed E-state index contributed by atoms with van der Waals surface area (Å²) in [5.74, 6) is 0.310. The van der Waals surface area contributed by atoms with Crippen LogP contribution in [0.4, 0.5) is 13.2 Å². The Balaban J connectivity index is 1.70. The van der Waals surface area contributed by atoms with Gasteiger partial charge >= 0.3 is 6.18 Å². The highest BCUT2D eigenvalue weighted by Gasteiger charge is 2.40. The number of rotatable bonds is 7. The molecule has 5 rings (SSSR count). The molecule has 0 aliphatic carbocycles. The van der Waals surface area contributed by atoms with Crippen LogP contribution in [0.25, 0.3) is 10.9 Å². The number of fused-ring (bicyclic) bond motifs is 1. The number of methoxy groups -OCH3 is 1. The van der Waals surface area contributed by atoms with E-state index in [2.05, 4.69) is 20.6 Å². The molecule has 2 aromatic carbocycles. The fraction of sp³-hybridized carbons (Fsp3) is 0.267. The van der Waals surface area contributed by atoms with Gasteiger partial charge in [-0.3, -0.25) is 4.98 Å². The molecular weight excluding hydrogens is 553 g/mol. The summed E-state index contributed by atoms with van der Waals surface area (Å²) in [5, 5.41) is 12.9. The molecule has 0 fully saturated rings. The van der Waals surface area contributed by atoms with Crippen molar-refractivity contribution in [2.75, 3.05) is 14.2 Å². The number of hydrogen-bond acceptors (Lipinski definition) is 6. The minimum atomic E-state index is -4.41. The van der Waals surface area contributed by atoms with E-state index in [-0.39, 0.29) is 6.42 Å². The van der Waals surface area contributed by atoms with Gasteiger partial charge in [0.25, 0.3) is 0 Å². The molecule has 1 N–H and O–H groups in total. The van der Waals surface area contributed by atoms with Gasteiger partial charge in [-0.1, -0.05) is 41.1 Å². The van der Waals surface area contributed by atoms with Gasteiger partial charge in [-0.25, -0.2) is 9.67 Å². The van der Waals surface area contributed by atoms with E-state index in [1.165, 1.54) is 19.2 Å². The van der Waals surface area contributed by atoms with Crippen LogP contribution >= 0.6 is 11.6 Å². The van der Waals surface area contributed by atoms with E-state index >= 15 is 0 Å². The van der Waals surface area contributed by atoms with Crippen molar-refractivity contribution in [3.63, 3.8) is 0 Å². The average Bonchev–Trinajstić information content (AvgIpc) is 3.37. The molecule has 0 saturated heterocycles. The minimum absolute atomic E-state index is 0.233. The van der Waals surface area contributed by atoms with E-state index < -0.39 is 17.3 Å². The van der Waals surface area contributed by atoms with Crippen molar-refractivity contribution in [2.45, 2.75) is 32.0 Å². The molecule has 0 bridgehead atoms. The maximum absolute atomic E-state index is 13.1. The topological polar surface area (TPSA) is 77.8 Å². The Morgan fingerprint density at radius 1 is 0.976 bits per heavy atom. The zero-order valence-electron chi connectivity index (χ0n) is 23.1. The number of ether oxygens (including phenoxy) is 1. The zero-order chi connectivity index (χ0) is 29.5. The summed E-state index contributed by atoms with van der Waals surface area (Å²) in [6, 6.07) is 14.8. The third kappa shape index (κ3) is 5.02. The number of aromatic nitrogens is 5. The molecular formula is C30H28ClF3N6O. The van der Waals surface area contributed by atoms with Gasteiger partial charge in [-0.2, -0.15) is 13.2 Å². The molecule has 1 atom stereocenters. The lowest BCUT2D eigenvalue weighted by Gasteiger charge is -2.35. The van der Waals surface area contributed by atoms with Gasteiger partial charge in [0.05, 0.1) is 35.1 Å². The summed E-state index contributed by atoms with van der Waals surface area (Å²) < 4.78 is 46.5. The van der Waals surface area contributed by atoms with Crippen molar-refractivity contribution in [1.82, 2.24) is 30.3 Å². The lowest BCUT2D eigenvalue weighted by Crippen LogP contribution is -2.44. The van der Waals surface area contributed by atoms with Gasteiger partial charge in [0.1, 0.15) is 5.54 Å². The standard InChI is InChI=1S/C30H28ClF3N6O/c1-17-6-12-24(18(2)37-17)29(35-3,26-16-36-39-40(26)4)21-11-13-25-22(15-21)27(31)23(28(38-25)41-5)14-19-7-9-20(10-8-19)30(32,33)34/h6-13,15-16,35H,14H2,1-5H3. The van der Waals surface area contributed by atoms with Crippen molar-refractivity contribution in [3.05, 3.63) is 111 Å². The Labute approximate surface area is 240 Å². The molecule has 212 valence electrons. The van der Waals surface area contributed by atoms with Gasteiger partial charge in [-0.05, 0) is 62.4 Å². The molecule has 0 radical (unpaired) electrons. The molecule has 3 heterocycles. The quantitative estimate of drug-likeness (QED) is 0.248. The van der Waals surface area contributed by atoms with Crippen LogP contribution in [0, 0.1) is 13.8 Å². The lowest BCUT2D eigenvalue weighted by atomic mass is 9.78. The molecule has 5 aromatic rings. The monoisotopic (exact) mass is 580 g/mol. The van der Waals surface area contributed by atoms with Gasteiger partial charge in [0, 0.05) is 41.4 Å². The van der Waals surface area contributed by atoms with Gasteiger partial charge in [0.15, 0.2) is 0 Å². The number of nitrogens with zero attached hydrogens (tertiary/aromatic N) is 5. The summed E-state index contributed by atoms with van der Waals surface area (Å²) >= 11 is 7.04. The third-order valence-corrected chi connectivity index (χ3v) is 7.80. The predicted molar refractivity (Wildman–Crippen MR) is 151 cm³/mol. The van der Waals surface area contributed by atoms with Crippen molar-refractivity contribution in [2.24, 2.45) is 7.05 Å². The number of alkyl halides is 3. The molecule has 0 amide bonds. The number of benzene rings is 2. The Morgan fingerprint density at radius 2 is 1.68 bits per heavy atom. The second-order valence-electron chi connectivity index (χ2n) is 9.85. The second kappa shape index (κ2) is 10.8. The van der Waals surface area contributed by atoms with Crippen molar-refractivity contribution in [1.29, 1.82) is 0 Å². The maximum Gasteiger partial charge on any atom is 0.416 e. The first-order valence-electron chi connectivity index (χ1n) is 12.8. The molecule has 0 aliphatic rings. The Bertz CT molecular complexity index is 1740. The molecule has 0 spiro atoms. The Kier molecular flexibility index (Phi) is 7.48. The van der Waals surface area contributed by atoms with Crippen LogP contribution in [0.1, 0.15) is 44.9 Å². The number of pyridine rings is 2. The van der Waals surface area contributed by atoms with Crippen LogP contribution in [0.2, 0.25) is 5.02 Å². The molecule has 7 nitrogen and oxygen atoms in total. The number of halogens is 4. The SMILES string of the molecule is CNC(c1ccc2nc(OC)c(Cc3ccc(C(F)(F)F)cc3)c(Cl)c2c1)(c1ccc(C)nc1C)c1cnnn1C. The van der Waals surface area contributed by atoms with E-state index in [0.717, 1.165) is 40.3 Å². The Hall–Kier alpha value is -4.02. The van der Waals surface area contributed by atoms with E-state index in [1.807, 2.05) is 58.3 Å². The van der Waals surface area contributed by atoms with Crippen LogP contribution in [0.3, 0.4) is 0 Å². The highest BCUT2D eigenvalue weighted by molar-refractivity contribution is 6.36. The molecule has 0 saturated carbocycles. The van der Waals surface area contributed by atoms with E-state index in [4.69, 9.17) is 21.3 Å². The minimum Gasteiger partial charge on any atom is -0.481 e. The highest BCUT2D eigenvalue weighted by atomic mass is 35.5. The second-order valence-corrected chi connectivity index (χ2v) is 10.2. The third-order valence-electron chi connectivity index (χ3n) is 7.37. The fourth-order valence-electron chi connectivity index (χ4n) is 5.37. The fourth-order valence-corrected chi connectivity index (χ4v) is 5.67. The van der Waals surface area contributed by atoms with Crippen LogP contribution in [-0.4, -0.2) is 39.1 Å². The molecule has 41 heavy (non-hydrogen) atoms. The predicted octanol–water partition coefficient (Wildman–Crippen LogP) is 6.16. The maximum atomic E-state index is 13.1. The molecule has 0 aliphatic heterocycles. The highest BCUT2D eigenvalue weighted by Crippen LogP contribution is 2.41. The zero-order valence-corrected chi connectivity index (χ0v) is 23.9. The van der Waals surface area contributed by atoms with Gasteiger partial charge in [0.2, 0.25) is 5.88 Å². The van der Waals surface area contributed by atoms with Gasteiger partial charge in [-0.15, -0.1) is 5.10 Å². The number of nitrogens with one attached hydrogen (secondary N) is 1. The Morgan fingerprint density at radius 3 is 2.27 bits per heavy atom. The first kappa shape index (κ1) is 28.5. The van der Waals surface area contributed by atoms with Crippen molar-refractivity contribution in [3.8, 4) is 5.88 Å². The van der Waals surface area contributed by atoms with Crippen LogP contribution in [0.15, 0.2) is 60.8 Å². The summed E-state index contributed by atoms with van der Waals surface area (Å²) in [4.78, 5) is 9.41. The van der Waals surface area contributed by atoms with E-state index in [9.17, 15) is 13.2 Å². The van der Waals surface area contributed by atoms with Gasteiger partial charge < -0.3 is 10.1 Å². The van der Waals surface area contributed by atoms with Crippen LogP contribution in [-0.2, 0) is 25.2 Å². The average molecular weight is 581 g/mol. The number of aryl methyl sites for hydroxylation is 3. The summed E-state index contributed by atoms with van der Waals surface area (Å²) in [7, 11) is 5.18. The smallest absolute Gasteiger partial charge is 0.416 e. The molecule has 11 heteroatoms. The number of hydrogen-bond donors (Lipinski definition) is 1. The van der Waals surface area contributed by atoms with Crippen molar-refractivity contribution >= 4 is 22.5 Å². The summed E-state index contributed by atoms with van der Waals surface area (Å²) in [6.45, 7) is 3.90. The molecule has 1 unspecified atom stereocenters. The van der Waals surface area contributed by atoms with Crippen LogP contribution < -0.4 is 10.1 Å². The first-order chi connectivity index (χ1) is 19.5. The largest absolute Gasteiger partial charge is 0.481 e. The first-order valence-corrected chi connectivity index (χ1v) is 13.2. The summed E-state index contributed by atoms with van der Waals surface area (Å²) in [6.07, 6.45) is -2.47. The van der Waals surface area contributed by atoms with E-state index in [0.29, 0.717) is 32.9 Å². The van der Waals surface area contributed by atoms with Crippen molar-refractivity contribution < 1.29 is 17.9 Å². The normalized spacial score (nSPS) is 13.4. The van der Waals surface area contributed by atoms with Crippen LogP contribution in [0.5, 0.6) is 5.88 Å². The molecule has 3 aromatic heterocycles.